The van der Waals surface area contributed by atoms with E-state index in [9.17, 15) is 18.4 Å². The Morgan fingerprint density at radius 2 is 1.83 bits per heavy atom. The number of amides is 2. The summed E-state index contributed by atoms with van der Waals surface area (Å²) >= 11 is 1.38. The van der Waals surface area contributed by atoms with Crippen molar-refractivity contribution in [3.05, 3.63) is 81.5 Å². The SMILES string of the molecule is C[C@@H](NC(=O)[C@@H]1CC2(CN1C(=N)CNC(=O)c1ccc(-c3cc(F)ccc3F)cc1)OCCO2)c1cc(C(=N)N)cs1. The maximum absolute atomic E-state index is 14.1. The van der Waals surface area contributed by atoms with Crippen molar-refractivity contribution in [3.63, 3.8) is 0 Å². The summed E-state index contributed by atoms with van der Waals surface area (Å²) in [5.74, 6) is -3.02. The van der Waals surface area contributed by atoms with E-state index in [1.165, 1.54) is 35.6 Å². The smallest absolute Gasteiger partial charge is 0.251 e. The van der Waals surface area contributed by atoms with Gasteiger partial charge in [-0.2, -0.15) is 0 Å². The van der Waals surface area contributed by atoms with Gasteiger partial charge in [0, 0.05) is 33.4 Å². The van der Waals surface area contributed by atoms with Crippen LogP contribution in [0.15, 0.2) is 53.9 Å². The predicted octanol–water partition coefficient (Wildman–Crippen LogP) is 3.38. The number of halogens is 2. The number of amidine groups is 2. The molecule has 2 amide bonds. The minimum Gasteiger partial charge on any atom is -0.384 e. The Morgan fingerprint density at radius 3 is 2.50 bits per heavy atom. The Hall–Kier alpha value is -4.20. The molecule has 0 unspecified atom stereocenters. The molecule has 0 saturated carbocycles. The van der Waals surface area contributed by atoms with Gasteiger partial charge in [0.1, 0.15) is 29.3 Å². The van der Waals surface area contributed by atoms with Gasteiger partial charge < -0.3 is 30.7 Å². The van der Waals surface area contributed by atoms with Crippen LogP contribution in [0.3, 0.4) is 0 Å². The van der Waals surface area contributed by atoms with Gasteiger partial charge in [-0.15, -0.1) is 11.3 Å². The largest absolute Gasteiger partial charge is 0.384 e. The molecule has 5 rings (SSSR count). The van der Waals surface area contributed by atoms with E-state index >= 15 is 0 Å². The first-order valence-corrected chi connectivity index (χ1v) is 14.1. The zero-order chi connectivity index (χ0) is 30.0. The molecule has 3 heterocycles. The van der Waals surface area contributed by atoms with Gasteiger partial charge in [0.25, 0.3) is 5.91 Å². The average Bonchev–Trinajstić information content (AvgIpc) is 3.74. The number of nitrogens with zero attached hydrogens (tertiary/aromatic N) is 1. The number of likely N-dealkylation sites (tertiary alicyclic amines) is 1. The number of hydrogen-bond acceptors (Lipinski definition) is 7. The van der Waals surface area contributed by atoms with E-state index in [0.29, 0.717) is 24.3 Å². The molecule has 2 atom stereocenters. The van der Waals surface area contributed by atoms with Crippen molar-refractivity contribution in [1.82, 2.24) is 15.5 Å². The first-order valence-electron chi connectivity index (χ1n) is 13.2. The van der Waals surface area contributed by atoms with Crippen LogP contribution < -0.4 is 16.4 Å². The number of nitrogens with two attached hydrogens (primary N) is 1. The van der Waals surface area contributed by atoms with Gasteiger partial charge in [-0.05, 0) is 48.9 Å². The maximum atomic E-state index is 14.1. The molecule has 10 nitrogen and oxygen atoms in total. The zero-order valence-corrected chi connectivity index (χ0v) is 23.5. The van der Waals surface area contributed by atoms with E-state index in [1.54, 1.807) is 16.3 Å². The van der Waals surface area contributed by atoms with Gasteiger partial charge in [0.2, 0.25) is 5.91 Å². The molecule has 220 valence electrons. The monoisotopic (exact) mass is 596 g/mol. The average molecular weight is 597 g/mol. The Balaban J connectivity index is 1.23. The summed E-state index contributed by atoms with van der Waals surface area (Å²) in [6.45, 7) is 2.56. The molecule has 0 aliphatic carbocycles. The number of thiophene rings is 1. The standard InChI is InChI=1S/C29H30F2N6O4S/c1-16(24-10-19(14-42-24)26(33)34)36-28(39)23-12-29(40-8-9-41-29)15-37(23)25(32)13-35-27(38)18-4-2-17(3-5-18)21-11-20(30)6-7-22(21)31/h2-7,10-11,14,16,23,32H,8-9,12-13,15H2,1H3,(H3,33,34)(H,35,38)(H,36,39)/t16-,23+/m1/s1. The van der Waals surface area contributed by atoms with E-state index in [2.05, 4.69) is 10.6 Å². The zero-order valence-electron chi connectivity index (χ0n) is 22.7. The number of carbonyl (C=O) groups is 2. The third-order valence-corrected chi connectivity index (χ3v) is 8.39. The molecule has 2 aliphatic rings. The number of hydrogen-bond donors (Lipinski definition) is 5. The summed E-state index contributed by atoms with van der Waals surface area (Å²) in [5, 5.41) is 23.7. The van der Waals surface area contributed by atoms with E-state index in [4.69, 9.17) is 26.0 Å². The highest BCUT2D eigenvalue weighted by molar-refractivity contribution is 7.10. The number of carbonyl (C=O) groups excluding carboxylic acids is 2. The van der Waals surface area contributed by atoms with Crippen LogP contribution in [-0.4, -0.2) is 66.5 Å². The lowest BCUT2D eigenvalue weighted by atomic mass is 10.0. The van der Waals surface area contributed by atoms with Crippen molar-refractivity contribution in [2.45, 2.75) is 31.2 Å². The Morgan fingerprint density at radius 1 is 1.12 bits per heavy atom. The number of benzene rings is 2. The van der Waals surface area contributed by atoms with Gasteiger partial charge >= 0.3 is 0 Å². The van der Waals surface area contributed by atoms with Crippen molar-refractivity contribution in [2.75, 3.05) is 26.3 Å². The molecule has 0 radical (unpaired) electrons. The molecule has 2 saturated heterocycles. The molecule has 6 N–H and O–H groups in total. The molecule has 2 aliphatic heterocycles. The van der Waals surface area contributed by atoms with Gasteiger partial charge in [0.15, 0.2) is 5.79 Å². The molecule has 13 heteroatoms. The first kappa shape index (κ1) is 29.3. The van der Waals surface area contributed by atoms with Crippen molar-refractivity contribution < 1.29 is 27.8 Å². The quantitative estimate of drug-likeness (QED) is 0.199. The molecule has 1 aromatic heterocycles. The van der Waals surface area contributed by atoms with Crippen LogP contribution in [0.25, 0.3) is 11.1 Å². The summed E-state index contributed by atoms with van der Waals surface area (Å²) < 4.78 is 39.4. The number of rotatable bonds is 8. The summed E-state index contributed by atoms with van der Waals surface area (Å²) in [6, 6.07) is 9.80. The van der Waals surface area contributed by atoms with E-state index in [-0.39, 0.29) is 54.3 Å². The van der Waals surface area contributed by atoms with Gasteiger partial charge in [-0.3, -0.25) is 20.4 Å². The summed E-state index contributed by atoms with van der Waals surface area (Å²) in [6.07, 6.45) is 0.211. The summed E-state index contributed by atoms with van der Waals surface area (Å²) in [5.41, 5.74) is 6.91. The van der Waals surface area contributed by atoms with Crippen molar-refractivity contribution >= 4 is 34.8 Å². The normalized spacial score (nSPS) is 18.2. The summed E-state index contributed by atoms with van der Waals surface area (Å²) in [4.78, 5) is 28.7. The van der Waals surface area contributed by atoms with Crippen LogP contribution in [0.5, 0.6) is 0 Å². The minimum atomic E-state index is -1.02. The third kappa shape index (κ3) is 6.17. The lowest BCUT2D eigenvalue weighted by Gasteiger charge is -2.27. The fourth-order valence-electron chi connectivity index (χ4n) is 5.05. The molecule has 1 spiro atoms. The number of nitrogens with one attached hydrogen (secondary N) is 4. The molecule has 2 fully saturated rings. The second-order valence-electron chi connectivity index (χ2n) is 10.2. The minimum absolute atomic E-state index is 0.000527. The fraction of sp³-hybridized carbons (Fsp3) is 0.310. The van der Waals surface area contributed by atoms with Crippen LogP contribution in [0.4, 0.5) is 8.78 Å². The van der Waals surface area contributed by atoms with Crippen molar-refractivity contribution in [3.8, 4) is 11.1 Å². The lowest BCUT2D eigenvalue weighted by Crippen LogP contribution is -2.49. The molecule has 0 bridgehead atoms. The summed E-state index contributed by atoms with van der Waals surface area (Å²) in [7, 11) is 0. The van der Waals surface area contributed by atoms with E-state index < -0.39 is 29.4 Å². The molecule has 42 heavy (non-hydrogen) atoms. The van der Waals surface area contributed by atoms with Crippen LogP contribution in [0, 0.1) is 22.5 Å². The van der Waals surface area contributed by atoms with Gasteiger partial charge in [-0.25, -0.2) is 8.78 Å². The van der Waals surface area contributed by atoms with Crippen LogP contribution in [-0.2, 0) is 14.3 Å². The second kappa shape index (κ2) is 12.0. The highest BCUT2D eigenvalue weighted by Gasteiger charge is 2.51. The highest BCUT2D eigenvalue weighted by Crippen LogP contribution is 2.35. The topological polar surface area (TPSA) is 154 Å². The predicted molar refractivity (Wildman–Crippen MR) is 153 cm³/mol. The first-order chi connectivity index (χ1) is 20.0. The van der Waals surface area contributed by atoms with Gasteiger partial charge in [0.05, 0.1) is 32.3 Å². The van der Waals surface area contributed by atoms with Crippen LogP contribution in [0.2, 0.25) is 0 Å². The third-order valence-electron chi connectivity index (χ3n) is 7.27. The van der Waals surface area contributed by atoms with Crippen molar-refractivity contribution in [1.29, 1.82) is 10.8 Å². The molecular formula is C29H30F2N6O4S. The number of ether oxygens (including phenoxy) is 2. The van der Waals surface area contributed by atoms with Crippen LogP contribution in [0.1, 0.15) is 40.2 Å². The Bertz CT molecular complexity index is 1520. The fourth-order valence-corrected chi connectivity index (χ4v) is 5.97. The second-order valence-corrected chi connectivity index (χ2v) is 11.1. The van der Waals surface area contributed by atoms with Crippen molar-refractivity contribution in [2.24, 2.45) is 5.73 Å². The maximum Gasteiger partial charge on any atom is 0.251 e. The van der Waals surface area contributed by atoms with Crippen LogP contribution >= 0.6 is 11.3 Å². The Kier molecular flexibility index (Phi) is 8.34. The van der Waals surface area contributed by atoms with Gasteiger partial charge in [-0.1, -0.05) is 12.1 Å². The Labute approximate surface area is 244 Å². The molecular weight excluding hydrogens is 566 g/mol. The molecule has 2 aromatic carbocycles. The van der Waals surface area contributed by atoms with E-state index in [1.807, 2.05) is 6.92 Å². The van der Waals surface area contributed by atoms with E-state index in [0.717, 1.165) is 23.1 Å². The highest BCUT2D eigenvalue weighted by atomic mass is 32.1. The molecule has 3 aromatic rings. The number of nitrogen functional groups attached to an aromatic ring is 1. The lowest BCUT2D eigenvalue weighted by molar-refractivity contribution is -0.145.